The molecule has 0 aliphatic carbocycles. The normalized spacial score (nSPS) is 26.7. The molecule has 1 aromatic rings. The second-order valence-electron chi connectivity index (χ2n) is 5.43. The van der Waals surface area contributed by atoms with Crippen molar-refractivity contribution in [3.63, 3.8) is 0 Å². The third kappa shape index (κ3) is 3.24. The van der Waals surface area contributed by atoms with E-state index in [4.69, 9.17) is 10.5 Å². The number of imide groups is 1. The Bertz CT molecular complexity index is 605. The second kappa shape index (κ2) is 6.86. The Labute approximate surface area is 132 Å². The fourth-order valence-electron chi connectivity index (χ4n) is 2.84. The number of rotatable bonds is 4. The molecule has 124 valence electrons. The lowest BCUT2D eigenvalue weighted by Gasteiger charge is -2.30. The van der Waals surface area contributed by atoms with Crippen LogP contribution < -0.4 is 5.73 Å². The smallest absolute Gasteiger partial charge is 0.477 e. The van der Waals surface area contributed by atoms with Crippen LogP contribution in [0.5, 0.6) is 0 Å². The highest BCUT2D eigenvalue weighted by Crippen LogP contribution is 2.30. The number of carboxylic acid groups (broad SMARTS) is 1. The van der Waals surface area contributed by atoms with Crippen LogP contribution in [0.2, 0.25) is 0 Å². The number of quaternary nitrogens is 1. The number of aliphatic carboxylic acids is 1. The number of likely N-dealkylation sites (tertiary alicyclic amines) is 1. The van der Waals surface area contributed by atoms with E-state index in [1.54, 1.807) is 30.3 Å². The first-order valence-electron chi connectivity index (χ1n) is 7.15. The highest BCUT2D eigenvalue weighted by Gasteiger charge is 2.61. The van der Waals surface area contributed by atoms with Crippen molar-refractivity contribution in [2.75, 3.05) is 13.1 Å². The number of carbonyl (C=O) groups is 3. The van der Waals surface area contributed by atoms with Gasteiger partial charge in [0.15, 0.2) is 0 Å². The van der Waals surface area contributed by atoms with Crippen LogP contribution in [0.15, 0.2) is 30.3 Å². The summed E-state index contributed by atoms with van der Waals surface area (Å²) >= 11 is 0. The molecule has 1 aliphatic heterocycles. The van der Waals surface area contributed by atoms with Crippen molar-refractivity contribution in [3.8, 4) is 0 Å². The van der Waals surface area contributed by atoms with Crippen LogP contribution in [0.3, 0.4) is 0 Å². The number of nitrogens with zero attached hydrogens (tertiary/aromatic N) is 1. The number of carboxylic acids is 1. The quantitative estimate of drug-likeness (QED) is 0.657. The average molecular weight is 323 g/mol. The molecule has 1 heterocycles. The summed E-state index contributed by atoms with van der Waals surface area (Å²) in [6.07, 6.45) is -2.30. The van der Waals surface area contributed by atoms with Crippen LogP contribution in [-0.4, -0.2) is 57.9 Å². The molecule has 1 fully saturated rings. The van der Waals surface area contributed by atoms with Gasteiger partial charge in [0.05, 0.1) is 0 Å². The molecule has 4 N–H and O–H groups in total. The van der Waals surface area contributed by atoms with Crippen molar-refractivity contribution in [1.82, 2.24) is 0 Å². The van der Waals surface area contributed by atoms with E-state index < -0.39 is 41.1 Å². The van der Waals surface area contributed by atoms with Gasteiger partial charge in [-0.3, -0.25) is 0 Å². The fourth-order valence-corrected chi connectivity index (χ4v) is 2.84. The lowest BCUT2D eigenvalue weighted by Crippen LogP contribution is -2.64. The van der Waals surface area contributed by atoms with Gasteiger partial charge in [-0.05, 0) is 5.56 Å². The van der Waals surface area contributed by atoms with E-state index in [2.05, 4.69) is 0 Å². The van der Waals surface area contributed by atoms with Crippen LogP contribution in [0.25, 0.3) is 0 Å². The Morgan fingerprint density at radius 1 is 1.26 bits per heavy atom. The van der Waals surface area contributed by atoms with Crippen molar-refractivity contribution in [2.45, 2.75) is 25.2 Å². The lowest BCUT2D eigenvalue weighted by atomic mass is 10.2. The van der Waals surface area contributed by atoms with Crippen LogP contribution in [0.1, 0.15) is 12.0 Å². The molecule has 0 radical (unpaired) electrons. The van der Waals surface area contributed by atoms with E-state index in [9.17, 15) is 24.6 Å². The van der Waals surface area contributed by atoms with E-state index >= 15 is 0 Å². The Kier molecular flexibility index (Phi) is 5.09. The number of benzene rings is 1. The summed E-state index contributed by atoms with van der Waals surface area (Å²) in [7, 11) is 0. The molecule has 1 saturated heterocycles. The van der Waals surface area contributed by atoms with Crippen LogP contribution in [0, 0.1) is 0 Å². The molecule has 0 saturated carbocycles. The monoisotopic (exact) mass is 323 g/mol. The van der Waals surface area contributed by atoms with E-state index in [1.807, 2.05) is 0 Å². The zero-order valence-corrected chi connectivity index (χ0v) is 12.4. The van der Waals surface area contributed by atoms with Gasteiger partial charge in [0.25, 0.3) is 0 Å². The second-order valence-corrected chi connectivity index (χ2v) is 5.43. The minimum Gasteiger partial charge on any atom is -0.477 e. The molecule has 0 unspecified atom stereocenters. The van der Waals surface area contributed by atoms with Crippen molar-refractivity contribution in [3.05, 3.63) is 35.9 Å². The number of carbonyl (C=O) groups excluding carboxylic acids is 2. The standard InChI is InChI=1S/C15H18N2O6/c16-7-13(19)17(8-11(18)6-12(17)14(20)21)15(22)23-9-10-4-2-1-3-5-10/h1-5,11-12,18H,6-9,16H2/p+1/t11-,12-,17+/m0/s1. The predicted molar refractivity (Wildman–Crippen MR) is 77.9 cm³/mol. The first-order chi connectivity index (χ1) is 10.9. The first kappa shape index (κ1) is 17.1. The largest absolute Gasteiger partial charge is 0.524 e. The Morgan fingerprint density at radius 2 is 1.91 bits per heavy atom. The van der Waals surface area contributed by atoms with Gasteiger partial charge >= 0.3 is 18.0 Å². The van der Waals surface area contributed by atoms with Gasteiger partial charge in [-0.1, -0.05) is 30.3 Å². The zero-order chi connectivity index (χ0) is 17.0. The number of aliphatic hydroxyl groups is 1. The van der Waals surface area contributed by atoms with E-state index in [0.29, 0.717) is 5.56 Å². The summed E-state index contributed by atoms with van der Waals surface area (Å²) in [4.78, 5) is 36.2. The molecule has 8 nitrogen and oxygen atoms in total. The molecule has 2 rings (SSSR count). The molecule has 0 bridgehead atoms. The number of aliphatic hydroxyl groups excluding tert-OH is 1. The number of hydrogen-bond acceptors (Lipinski definition) is 6. The molecule has 0 aromatic heterocycles. The zero-order valence-electron chi connectivity index (χ0n) is 12.4. The van der Waals surface area contributed by atoms with Crippen molar-refractivity contribution in [1.29, 1.82) is 0 Å². The molecule has 0 spiro atoms. The molecular formula is C15H19N2O6+. The summed E-state index contributed by atoms with van der Waals surface area (Å²) in [6, 6.07) is 7.39. The number of hydrogen-bond donors (Lipinski definition) is 3. The van der Waals surface area contributed by atoms with Gasteiger partial charge in [-0.15, -0.1) is 4.48 Å². The van der Waals surface area contributed by atoms with Gasteiger partial charge in [-0.2, -0.15) is 4.79 Å². The summed E-state index contributed by atoms with van der Waals surface area (Å²) in [5.74, 6) is -2.13. The number of ether oxygens (including phenoxy) is 1. The van der Waals surface area contributed by atoms with Gasteiger partial charge in [0.1, 0.15) is 25.8 Å². The third-order valence-corrected chi connectivity index (χ3v) is 3.96. The molecule has 23 heavy (non-hydrogen) atoms. The fraction of sp³-hybridized carbons (Fsp3) is 0.400. The molecule has 8 heteroatoms. The minimum absolute atomic E-state index is 0.0973. The highest BCUT2D eigenvalue weighted by molar-refractivity contribution is 5.87. The lowest BCUT2D eigenvalue weighted by molar-refractivity contribution is -0.787. The van der Waals surface area contributed by atoms with Gasteiger partial charge in [-0.25, -0.2) is 9.59 Å². The highest BCUT2D eigenvalue weighted by atomic mass is 16.6. The van der Waals surface area contributed by atoms with Crippen LogP contribution in [-0.2, 0) is 20.9 Å². The first-order valence-corrected chi connectivity index (χ1v) is 7.15. The Balaban J connectivity index is 2.25. The molecule has 1 aliphatic rings. The van der Waals surface area contributed by atoms with Crippen LogP contribution >= 0.6 is 0 Å². The van der Waals surface area contributed by atoms with Crippen molar-refractivity contribution >= 4 is 18.0 Å². The Hall–Kier alpha value is -2.29. The minimum atomic E-state index is -1.40. The molecule has 3 atom stereocenters. The maximum absolute atomic E-state index is 12.5. The predicted octanol–water partition coefficient (Wildman–Crippen LogP) is -0.157. The number of nitrogens with two attached hydrogens (primary N) is 1. The van der Waals surface area contributed by atoms with Crippen LogP contribution in [0.4, 0.5) is 4.79 Å². The molecule has 2 amide bonds. The van der Waals surface area contributed by atoms with Crippen molar-refractivity contribution < 1.29 is 33.8 Å². The van der Waals surface area contributed by atoms with Crippen molar-refractivity contribution in [2.24, 2.45) is 5.73 Å². The average Bonchev–Trinajstić information content (AvgIpc) is 2.91. The third-order valence-electron chi connectivity index (χ3n) is 3.96. The number of amides is 2. The Morgan fingerprint density at radius 3 is 2.48 bits per heavy atom. The summed E-state index contributed by atoms with van der Waals surface area (Å²) in [5.41, 5.74) is 6.04. The summed E-state index contributed by atoms with van der Waals surface area (Å²) in [5, 5.41) is 19.1. The van der Waals surface area contributed by atoms with E-state index in [-0.39, 0.29) is 19.6 Å². The molecular weight excluding hydrogens is 304 g/mol. The summed E-state index contributed by atoms with van der Waals surface area (Å²) < 4.78 is 4.04. The van der Waals surface area contributed by atoms with E-state index in [1.165, 1.54) is 0 Å². The molecule has 1 aromatic carbocycles. The maximum atomic E-state index is 12.5. The van der Waals surface area contributed by atoms with E-state index in [0.717, 1.165) is 0 Å². The van der Waals surface area contributed by atoms with Gasteiger partial charge in [0, 0.05) is 6.42 Å². The summed E-state index contributed by atoms with van der Waals surface area (Å²) in [6.45, 7) is -0.961. The van der Waals surface area contributed by atoms with Gasteiger partial charge < -0.3 is 20.7 Å². The topological polar surface area (TPSA) is 127 Å². The van der Waals surface area contributed by atoms with Gasteiger partial charge in [0.2, 0.25) is 6.04 Å². The SMILES string of the molecule is NCC(=O)[N@@+]1(C(=O)OCc2ccccc2)C[C@@H](O)C[C@H]1C(=O)O. The maximum Gasteiger partial charge on any atom is 0.524 e.